The minimum Gasteiger partial charge on any atom is -0.457 e. The average Bonchev–Trinajstić information content (AvgIpc) is 3.50. The molecule has 0 unspecified atom stereocenters. The van der Waals surface area contributed by atoms with Gasteiger partial charge in [-0.3, -0.25) is 4.79 Å². The van der Waals surface area contributed by atoms with Crippen molar-refractivity contribution in [3.05, 3.63) is 100 Å². The van der Waals surface area contributed by atoms with Crippen molar-refractivity contribution in [1.29, 1.82) is 0 Å². The SMILES string of the molecule is CC(C)c1ccc(-c2nc3cc(NC(=O)/C=C/c4ccc(-c5ccc(Cl)cc5Cl)o4)ccc3o2)cc1. The maximum Gasteiger partial charge on any atom is 0.248 e. The van der Waals surface area contributed by atoms with Crippen LogP contribution in [0.25, 0.3) is 40.0 Å². The number of hydrogen-bond donors (Lipinski definition) is 1. The maximum atomic E-state index is 12.5. The zero-order valence-electron chi connectivity index (χ0n) is 19.6. The van der Waals surface area contributed by atoms with E-state index in [0.717, 1.165) is 11.1 Å². The first-order valence-electron chi connectivity index (χ1n) is 11.4. The molecule has 3 aromatic carbocycles. The van der Waals surface area contributed by atoms with Crippen molar-refractivity contribution in [2.75, 3.05) is 5.32 Å². The molecule has 0 saturated heterocycles. The van der Waals surface area contributed by atoms with Crippen LogP contribution in [0.5, 0.6) is 0 Å². The summed E-state index contributed by atoms with van der Waals surface area (Å²) in [5, 5.41) is 3.88. The summed E-state index contributed by atoms with van der Waals surface area (Å²) in [5.41, 5.74) is 4.81. The van der Waals surface area contributed by atoms with E-state index in [0.29, 0.717) is 50.2 Å². The number of amides is 1. The van der Waals surface area contributed by atoms with Gasteiger partial charge in [-0.05, 0) is 78.2 Å². The number of rotatable bonds is 6. The van der Waals surface area contributed by atoms with Gasteiger partial charge in [0.25, 0.3) is 0 Å². The van der Waals surface area contributed by atoms with Gasteiger partial charge in [-0.25, -0.2) is 4.98 Å². The van der Waals surface area contributed by atoms with Crippen molar-refractivity contribution >= 4 is 52.0 Å². The average molecular weight is 517 g/mol. The fraction of sp³-hybridized carbons (Fsp3) is 0.103. The third-order valence-electron chi connectivity index (χ3n) is 5.70. The van der Waals surface area contributed by atoms with Gasteiger partial charge in [-0.15, -0.1) is 0 Å². The molecule has 2 heterocycles. The van der Waals surface area contributed by atoms with Crippen molar-refractivity contribution in [1.82, 2.24) is 4.98 Å². The van der Waals surface area contributed by atoms with Crippen LogP contribution < -0.4 is 5.32 Å². The third kappa shape index (κ3) is 5.23. The molecule has 36 heavy (non-hydrogen) atoms. The van der Waals surface area contributed by atoms with Crippen LogP contribution in [0.2, 0.25) is 10.0 Å². The zero-order valence-corrected chi connectivity index (χ0v) is 21.1. The molecule has 0 atom stereocenters. The molecule has 5 rings (SSSR count). The lowest BCUT2D eigenvalue weighted by Crippen LogP contribution is -2.07. The van der Waals surface area contributed by atoms with Crippen LogP contribution in [-0.4, -0.2) is 10.9 Å². The molecule has 180 valence electrons. The maximum absolute atomic E-state index is 12.5. The minimum atomic E-state index is -0.301. The number of nitrogens with zero attached hydrogens (tertiary/aromatic N) is 1. The third-order valence-corrected chi connectivity index (χ3v) is 6.25. The second-order valence-electron chi connectivity index (χ2n) is 8.63. The van der Waals surface area contributed by atoms with E-state index in [4.69, 9.17) is 32.0 Å². The number of furan rings is 1. The molecule has 1 N–H and O–H groups in total. The quantitative estimate of drug-likeness (QED) is 0.229. The van der Waals surface area contributed by atoms with Crippen LogP contribution in [0.1, 0.15) is 31.1 Å². The fourth-order valence-electron chi connectivity index (χ4n) is 3.76. The molecule has 0 spiro atoms. The number of anilines is 1. The molecule has 0 fully saturated rings. The van der Waals surface area contributed by atoms with Gasteiger partial charge in [0.05, 0.1) is 5.02 Å². The van der Waals surface area contributed by atoms with Gasteiger partial charge < -0.3 is 14.2 Å². The molecule has 5 aromatic rings. The fourth-order valence-corrected chi connectivity index (χ4v) is 4.26. The highest BCUT2D eigenvalue weighted by Gasteiger charge is 2.11. The molecule has 7 heteroatoms. The van der Waals surface area contributed by atoms with Crippen LogP contribution >= 0.6 is 23.2 Å². The van der Waals surface area contributed by atoms with E-state index in [9.17, 15) is 4.79 Å². The number of fused-ring (bicyclic) bond motifs is 1. The molecule has 5 nitrogen and oxygen atoms in total. The van der Waals surface area contributed by atoms with E-state index in [1.807, 2.05) is 12.1 Å². The van der Waals surface area contributed by atoms with Crippen molar-refractivity contribution in [3.8, 4) is 22.8 Å². The number of aromatic nitrogens is 1. The summed E-state index contributed by atoms with van der Waals surface area (Å²) in [6, 6.07) is 22.3. The lowest BCUT2D eigenvalue weighted by Gasteiger charge is -2.04. The monoisotopic (exact) mass is 516 g/mol. The van der Waals surface area contributed by atoms with E-state index in [2.05, 4.69) is 36.3 Å². The van der Waals surface area contributed by atoms with Crippen LogP contribution in [0.15, 0.2) is 87.7 Å². The topological polar surface area (TPSA) is 68.3 Å². The molecule has 1 amide bonds. The first-order chi connectivity index (χ1) is 17.4. The number of hydrogen-bond acceptors (Lipinski definition) is 4. The Morgan fingerprint density at radius 2 is 1.75 bits per heavy atom. The highest BCUT2D eigenvalue weighted by atomic mass is 35.5. The molecule has 0 bridgehead atoms. The van der Waals surface area contributed by atoms with Gasteiger partial charge in [0, 0.05) is 27.9 Å². The lowest BCUT2D eigenvalue weighted by molar-refractivity contribution is -0.111. The van der Waals surface area contributed by atoms with E-state index in [1.165, 1.54) is 11.6 Å². The smallest absolute Gasteiger partial charge is 0.248 e. The number of oxazole rings is 1. The molecule has 0 aliphatic heterocycles. The van der Waals surface area contributed by atoms with Crippen LogP contribution in [0.3, 0.4) is 0 Å². The standard InChI is InChI=1S/C29H22Cl2N2O3/c1-17(2)18-3-5-19(6-4-18)29-33-25-16-21(8-12-27(25)36-29)32-28(34)14-10-22-9-13-26(35-22)23-11-7-20(30)15-24(23)31/h3-17H,1-2H3,(H,32,34)/b14-10+. The molecular formula is C29H22Cl2N2O3. The normalized spacial score (nSPS) is 11.6. The summed E-state index contributed by atoms with van der Waals surface area (Å²) in [4.78, 5) is 17.1. The van der Waals surface area contributed by atoms with Crippen LogP contribution in [-0.2, 0) is 4.79 Å². The number of benzene rings is 3. The highest BCUT2D eigenvalue weighted by Crippen LogP contribution is 2.32. The van der Waals surface area contributed by atoms with Crippen molar-refractivity contribution < 1.29 is 13.6 Å². The second-order valence-corrected chi connectivity index (χ2v) is 9.47. The number of carbonyl (C=O) groups excluding carboxylic acids is 1. The minimum absolute atomic E-state index is 0.301. The van der Waals surface area contributed by atoms with Gasteiger partial charge in [-0.2, -0.15) is 0 Å². The molecule has 0 saturated carbocycles. The Hall–Kier alpha value is -3.80. The summed E-state index contributed by atoms with van der Waals surface area (Å²) < 4.78 is 11.7. The van der Waals surface area contributed by atoms with Crippen LogP contribution in [0.4, 0.5) is 5.69 Å². The highest BCUT2D eigenvalue weighted by molar-refractivity contribution is 6.36. The summed E-state index contributed by atoms with van der Waals surface area (Å²) in [6.45, 7) is 4.31. The number of carbonyl (C=O) groups is 1. The molecule has 0 aliphatic rings. The Morgan fingerprint density at radius 3 is 2.50 bits per heavy atom. The predicted octanol–water partition coefficient (Wildman–Crippen LogP) is 8.84. The number of halogens is 2. The van der Waals surface area contributed by atoms with Gasteiger partial charge in [0.2, 0.25) is 11.8 Å². The van der Waals surface area contributed by atoms with Crippen molar-refractivity contribution in [3.63, 3.8) is 0 Å². The molecule has 0 aliphatic carbocycles. The summed E-state index contributed by atoms with van der Waals surface area (Å²) in [5.74, 6) is 1.80. The molecule has 0 radical (unpaired) electrons. The Labute approximate surface area is 218 Å². The summed E-state index contributed by atoms with van der Waals surface area (Å²) >= 11 is 12.2. The summed E-state index contributed by atoms with van der Waals surface area (Å²) in [7, 11) is 0. The largest absolute Gasteiger partial charge is 0.457 e. The lowest BCUT2D eigenvalue weighted by atomic mass is 10.0. The van der Waals surface area contributed by atoms with E-state index in [1.54, 1.807) is 54.6 Å². The van der Waals surface area contributed by atoms with Gasteiger partial charge in [-0.1, -0.05) is 49.2 Å². The van der Waals surface area contributed by atoms with Crippen LogP contribution in [0, 0.1) is 0 Å². The molecular weight excluding hydrogens is 495 g/mol. The Morgan fingerprint density at radius 1 is 0.944 bits per heavy atom. The molecule has 2 aromatic heterocycles. The zero-order chi connectivity index (χ0) is 25.2. The van der Waals surface area contributed by atoms with Crippen molar-refractivity contribution in [2.24, 2.45) is 0 Å². The van der Waals surface area contributed by atoms with E-state index < -0.39 is 0 Å². The van der Waals surface area contributed by atoms with Gasteiger partial charge >= 0.3 is 0 Å². The Balaban J connectivity index is 1.27. The van der Waals surface area contributed by atoms with Gasteiger partial charge in [0.1, 0.15) is 17.0 Å². The van der Waals surface area contributed by atoms with Gasteiger partial charge in [0.15, 0.2) is 5.58 Å². The first-order valence-corrected chi connectivity index (χ1v) is 12.2. The summed E-state index contributed by atoms with van der Waals surface area (Å²) in [6.07, 6.45) is 3.00. The van der Waals surface area contributed by atoms with Crippen molar-refractivity contribution in [2.45, 2.75) is 19.8 Å². The van der Waals surface area contributed by atoms with E-state index in [-0.39, 0.29) is 5.91 Å². The predicted molar refractivity (Wildman–Crippen MR) is 145 cm³/mol. The Kier molecular flexibility index (Phi) is 6.68. The van der Waals surface area contributed by atoms with E-state index >= 15 is 0 Å². The Bertz CT molecular complexity index is 1580. The number of nitrogens with one attached hydrogen (secondary N) is 1. The second kappa shape index (κ2) is 10.1. The first kappa shape index (κ1) is 23.9.